The second-order valence-corrected chi connectivity index (χ2v) is 13.7. The Hall–Kier alpha value is -2.88. The zero-order chi connectivity index (χ0) is 29.4. The Bertz CT molecular complexity index is 1410. The van der Waals surface area contributed by atoms with Crippen molar-refractivity contribution in [2.24, 2.45) is 0 Å². The van der Waals surface area contributed by atoms with Crippen molar-refractivity contribution in [2.75, 3.05) is 17.1 Å². The van der Waals surface area contributed by atoms with Gasteiger partial charge in [0.05, 0.1) is 11.9 Å². The van der Waals surface area contributed by atoms with E-state index >= 15 is 0 Å². The quantitative estimate of drug-likeness (QED) is 0.275. The molecule has 218 valence electrons. The molecule has 10 heteroatoms. The Morgan fingerprint density at radius 1 is 0.927 bits per heavy atom. The number of amides is 2. The van der Waals surface area contributed by atoms with Crippen molar-refractivity contribution in [3.63, 3.8) is 0 Å². The van der Waals surface area contributed by atoms with Crippen LogP contribution in [0.3, 0.4) is 0 Å². The molecule has 41 heavy (non-hydrogen) atoms. The Balaban J connectivity index is 1.71. The first kappa shape index (κ1) is 31.1. The van der Waals surface area contributed by atoms with Crippen molar-refractivity contribution in [3.05, 3.63) is 99.5 Å². The smallest absolute Gasteiger partial charge is 0.244 e. The molecule has 0 unspecified atom stereocenters. The molecule has 1 fully saturated rings. The number of sulfonamides is 1. The standard InChI is InChI=1S/C31H35BrClN3O4S/c1-41(39,40)36(28-18-16-26(33)17-19-28)22-30(37)35(21-24-12-14-25(32)15-13-24)29(20-23-8-4-2-5-9-23)31(38)34-27-10-6-3-7-11-27/h2,4-5,8-9,12-19,27,29H,3,6-7,10-11,20-22H2,1H3,(H,34,38)/t29-/m0/s1. The maximum atomic E-state index is 14.1. The van der Waals surface area contributed by atoms with Crippen LogP contribution < -0.4 is 9.62 Å². The number of hydrogen-bond acceptors (Lipinski definition) is 4. The lowest BCUT2D eigenvalue weighted by atomic mass is 9.94. The van der Waals surface area contributed by atoms with Crippen molar-refractivity contribution in [1.29, 1.82) is 0 Å². The molecule has 0 spiro atoms. The Morgan fingerprint density at radius 2 is 1.56 bits per heavy atom. The fraction of sp³-hybridized carbons (Fsp3) is 0.355. The number of carbonyl (C=O) groups excluding carboxylic acids is 2. The van der Waals surface area contributed by atoms with Crippen LogP contribution in [0.4, 0.5) is 5.69 Å². The predicted octanol–water partition coefficient (Wildman–Crippen LogP) is 5.96. The lowest BCUT2D eigenvalue weighted by molar-refractivity contribution is -0.140. The molecule has 0 aromatic heterocycles. The van der Waals surface area contributed by atoms with Crippen LogP contribution in [0, 0.1) is 0 Å². The molecule has 7 nitrogen and oxygen atoms in total. The van der Waals surface area contributed by atoms with Crippen LogP contribution >= 0.6 is 27.5 Å². The summed E-state index contributed by atoms with van der Waals surface area (Å²) in [4.78, 5) is 29.6. The van der Waals surface area contributed by atoms with Gasteiger partial charge in [-0.15, -0.1) is 0 Å². The highest BCUT2D eigenvalue weighted by Gasteiger charge is 2.34. The molecule has 1 atom stereocenters. The van der Waals surface area contributed by atoms with Crippen molar-refractivity contribution >= 4 is 55.1 Å². The summed E-state index contributed by atoms with van der Waals surface area (Å²) in [7, 11) is -3.83. The summed E-state index contributed by atoms with van der Waals surface area (Å²) in [5, 5.41) is 3.66. The van der Waals surface area contributed by atoms with Gasteiger partial charge in [0.2, 0.25) is 21.8 Å². The molecule has 0 bridgehead atoms. The third-order valence-electron chi connectivity index (χ3n) is 7.28. The van der Waals surface area contributed by atoms with Crippen LogP contribution in [0.5, 0.6) is 0 Å². The maximum absolute atomic E-state index is 14.1. The van der Waals surface area contributed by atoms with E-state index in [1.165, 1.54) is 4.90 Å². The largest absolute Gasteiger partial charge is 0.352 e. The summed E-state index contributed by atoms with van der Waals surface area (Å²) >= 11 is 9.48. The van der Waals surface area contributed by atoms with Gasteiger partial charge in [-0.3, -0.25) is 13.9 Å². The van der Waals surface area contributed by atoms with Gasteiger partial charge in [0.25, 0.3) is 0 Å². The molecule has 1 saturated carbocycles. The van der Waals surface area contributed by atoms with Crippen molar-refractivity contribution in [2.45, 2.75) is 57.2 Å². The zero-order valence-corrected chi connectivity index (χ0v) is 26.2. The summed E-state index contributed by atoms with van der Waals surface area (Å²) in [6.07, 6.45) is 6.43. The zero-order valence-electron chi connectivity index (χ0n) is 23.0. The number of hydrogen-bond donors (Lipinski definition) is 1. The molecule has 0 heterocycles. The third-order valence-corrected chi connectivity index (χ3v) is 9.20. The van der Waals surface area contributed by atoms with Crippen molar-refractivity contribution in [3.8, 4) is 0 Å². The van der Waals surface area contributed by atoms with Gasteiger partial charge in [-0.2, -0.15) is 0 Å². The number of halogens is 2. The summed E-state index contributed by atoms with van der Waals surface area (Å²) < 4.78 is 27.7. The summed E-state index contributed by atoms with van der Waals surface area (Å²) in [5.74, 6) is -0.711. The lowest BCUT2D eigenvalue weighted by Crippen LogP contribution is -2.55. The highest BCUT2D eigenvalue weighted by molar-refractivity contribution is 9.10. The van der Waals surface area contributed by atoms with E-state index in [0.29, 0.717) is 17.1 Å². The topological polar surface area (TPSA) is 86.8 Å². The van der Waals surface area contributed by atoms with Crippen molar-refractivity contribution < 1.29 is 18.0 Å². The molecular weight excluding hydrogens is 626 g/mol. The van der Waals surface area contributed by atoms with E-state index < -0.39 is 28.5 Å². The SMILES string of the molecule is CS(=O)(=O)N(CC(=O)N(Cc1ccc(Br)cc1)[C@@H](Cc1ccccc1)C(=O)NC1CCCCC1)c1ccc(Cl)cc1. The van der Waals surface area contributed by atoms with E-state index in [2.05, 4.69) is 21.2 Å². The van der Waals surface area contributed by atoms with Crippen LogP contribution in [0.15, 0.2) is 83.3 Å². The molecule has 1 N–H and O–H groups in total. The van der Waals surface area contributed by atoms with E-state index in [0.717, 1.165) is 58.3 Å². The molecule has 0 saturated heterocycles. The monoisotopic (exact) mass is 659 g/mol. The van der Waals surface area contributed by atoms with Crippen molar-refractivity contribution in [1.82, 2.24) is 10.2 Å². The number of nitrogens with zero attached hydrogens (tertiary/aromatic N) is 2. The van der Waals surface area contributed by atoms with E-state index in [1.807, 2.05) is 54.6 Å². The molecular formula is C31H35BrClN3O4S. The van der Waals surface area contributed by atoms with Crippen LogP contribution in [-0.4, -0.2) is 50.0 Å². The van der Waals surface area contributed by atoms with Gasteiger partial charge in [-0.25, -0.2) is 8.42 Å². The average molecular weight is 661 g/mol. The second kappa shape index (κ2) is 14.3. The van der Waals surface area contributed by atoms with E-state index in [4.69, 9.17) is 11.6 Å². The highest BCUT2D eigenvalue weighted by atomic mass is 79.9. The molecule has 0 radical (unpaired) electrons. The maximum Gasteiger partial charge on any atom is 0.244 e. The van der Waals surface area contributed by atoms with Gasteiger partial charge < -0.3 is 10.2 Å². The number of anilines is 1. The summed E-state index contributed by atoms with van der Waals surface area (Å²) in [5.41, 5.74) is 2.05. The van der Waals surface area contributed by atoms with Crippen LogP contribution in [0.2, 0.25) is 5.02 Å². The van der Waals surface area contributed by atoms with E-state index in [-0.39, 0.29) is 18.5 Å². The average Bonchev–Trinajstić information content (AvgIpc) is 2.95. The minimum Gasteiger partial charge on any atom is -0.352 e. The fourth-order valence-electron chi connectivity index (χ4n) is 5.11. The molecule has 3 aromatic carbocycles. The second-order valence-electron chi connectivity index (χ2n) is 10.4. The first-order chi connectivity index (χ1) is 19.6. The molecule has 3 aromatic rings. The Labute approximate surface area is 256 Å². The molecule has 2 amide bonds. The third kappa shape index (κ3) is 9.05. The van der Waals surface area contributed by atoms with Gasteiger partial charge in [-0.1, -0.05) is 89.3 Å². The highest BCUT2D eigenvalue weighted by Crippen LogP contribution is 2.23. The lowest BCUT2D eigenvalue weighted by Gasteiger charge is -2.35. The molecule has 4 rings (SSSR count). The van der Waals surface area contributed by atoms with Crippen LogP contribution in [0.1, 0.15) is 43.2 Å². The number of benzene rings is 3. The van der Waals surface area contributed by atoms with E-state index in [9.17, 15) is 18.0 Å². The Morgan fingerprint density at radius 3 is 2.17 bits per heavy atom. The van der Waals surface area contributed by atoms with Crippen LogP contribution in [-0.2, 0) is 32.6 Å². The predicted molar refractivity (Wildman–Crippen MR) is 167 cm³/mol. The minimum atomic E-state index is -3.83. The Kier molecular flexibility index (Phi) is 10.9. The minimum absolute atomic E-state index is 0.0562. The van der Waals surface area contributed by atoms with Gasteiger partial charge >= 0.3 is 0 Å². The fourth-order valence-corrected chi connectivity index (χ4v) is 6.35. The number of nitrogens with one attached hydrogen (secondary N) is 1. The molecule has 0 aliphatic heterocycles. The van der Waals surface area contributed by atoms with Gasteiger partial charge in [-0.05, 0) is 60.4 Å². The number of rotatable bonds is 11. The molecule has 1 aliphatic carbocycles. The van der Waals surface area contributed by atoms with Crippen LogP contribution in [0.25, 0.3) is 0 Å². The first-order valence-corrected chi connectivity index (χ1v) is 16.7. The normalized spacial score (nSPS) is 14.7. The van der Waals surface area contributed by atoms with E-state index in [1.54, 1.807) is 24.3 Å². The number of carbonyl (C=O) groups is 2. The van der Waals surface area contributed by atoms with Gasteiger partial charge in [0, 0.05) is 28.5 Å². The first-order valence-electron chi connectivity index (χ1n) is 13.7. The summed E-state index contributed by atoms with van der Waals surface area (Å²) in [6, 6.07) is 22.6. The van der Waals surface area contributed by atoms with Gasteiger partial charge in [0.15, 0.2) is 0 Å². The summed E-state index contributed by atoms with van der Waals surface area (Å²) in [6.45, 7) is -0.321. The van der Waals surface area contributed by atoms with Gasteiger partial charge in [0.1, 0.15) is 12.6 Å². The molecule has 1 aliphatic rings.